The summed E-state index contributed by atoms with van der Waals surface area (Å²) in [7, 11) is 6.31. The average molecular weight is 220 g/mol. The van der Waals surface area contributed by atoms with Crippen molar-refractivity contribution in [1.29, 1.82) is 0 Å². The lowest BCUT2D eigenvalue weighted by Gasteiger charge is -2.40. The van der Waals surface area contributed by atoms with Gasteiger partial charge in [-0.3, -0.25) is 0 Å². The second-order valence-corrected chi connectivity index (χ2v) is 5.08. The van der Waals surface area contributed by atoms with Crippen LogP contribution in [0.15, 0.2) is 30.3 Å². The highest BCUT2D eigenvalue weighted by atomic mass is 15.2. The van der Waals surface area contributed by atoms with E-state index in [1.165, 1.54) is 5.56 Å². The van der Waals surface area contributed by atoms with Gasteiger partial charge in [0.25, 0.3) is 0 Å². The maximum absolute atomic E-state index is 3.43. The van der Waals surface area contributed by atoms with Gasteiger partial charge in [0, 0.05) is 11.6 Å². The zero-order valence-electron chi connectivity index (χ0n) is 11.1. The smallest absolute Gasteiger partial charge is 0.0303 e. The summed E-state index contributed by atoms with van der Waals surface area (Å²) < 4.78 is 0. The minimum absolute atomic E-state index is 0.143. The standard InChI is InChI=1S/C14H24N2/c1-14(2,16(4)5)13(15-3)11-12-9-7-6-8-10-12/h6-10,13,15H,11H2,1-5H3. The molecule has 0 amide bonds. The van der Waals surface area contributed by atoms with Gasteiger partial charge in [-0.15, -0.1) is 0 Å². The SMILES string of the molecule is CNC(Cc1ccccc1)C(C)(C)N(C)C. The van der Waals surface area contributed by atoms with Crippen molar-refractivity contribution >= 4 is 0 Å². The molecule has 1 rings (SSSR count). The van der Waals surface area contributed by atoms with Crippen molar-refractivity contribution in [2.24, 2.45) is 0 Å². The van der Waals surface area contributed by atoms with Crippen molar-refractivity contribution in [3.05, 3.63) is 35.9 Å². The molecule has 0 aliphatic heterocycles. The second-order valence-electron chi connectivity index (χ2n) is 5.08. The van der Waals surface area contributed by atoms with E-state index in [0.717, 1.165) is 6.42 Å². The monoisotopic (exact) mass is 220 g/mol. The molecule has 2 heteroatoms. The van der Waals surface area contributed by atoms with Crippen molar-refractivity contribution in [3.63, 3.8) is 0 Å². The van der Waals surface area contributed by atoms with E-state index in [4.69, 9.17) is 0 Å². The molecule has 0 aromatic heterocycles. The molecule has 2 nitrogen and oxygen atoms in total. The maximum Gasteiger partial charge on any atom is 0.0303 e. The molecular weight excluding hydrogens is 196 g/mol. The normalized spacial score (nSPS) is 14.1. The number of benzene rings is 1. The van der Waals surface area contributed by atoms with Gasteiger partial charge in [-0.1, -0.05) is 30.3 Å². The van der Waals surface area contributed by atoms with Gasteiger partial charge in [0.2, 0.25) is 0 Å². The summed E-state index contributed by atoms with van der Waals surface area (Å²) in [6.45, 7) is 4.55. The summed E-state index contributed by atoms with van der Waals surface area (Å²) in [5.74, 6) is 0. The van der Waals surface area contributed by atoms with Crippen LogP contribution in [0.4, 0.5) is 0 Å². The van der Waals surface area contributed by atoms with Gasteiger partial charge < -0.3 is 10.2 Å². The Labute approximate surface area is 99.7 Å². The van der Waals surface area contributed by atoms with Gasteiger partial charge in [0.1, 0.15) is 0 Å². The van der Waals surface area contributed by atoms with E-state index < -0.39 is 0 Å². The molecule has 0 fully saturated rings. The second kappa shape index (κ2) is 5.46. The van der Waals surface area contributed by atoms with Gasteiger partial charge in [0.05, 0.1) is 0 Å². The largest absolute Gasteiger partial charge is 0.315 e. The van der Waals surface area contributed by atoms with Crippen LogP contribution in [0.5, 0.6) is 0 Å². The topological polar surface area (TPSA) is 15.3 Å². The predicted molar refractivity (Wildman–Crippen MR) is 70.8 cm³/mol. The third-order valence-corrected chi connectivity index (χ3v) is 3.64. The molecule has 0 saturated heterocycles. The van der Waals surface area contributed by atoms with Gasteiger partial charge in [0.15, 0.2) is 0 Å². The number of hydrogen-bond acceptors (Lipinski definition) is 2. The van der Waals surface area contributed by atoms with E-state index in [2.05, 4.69) is 68.5 Å². The fraction of sp³-hybridized carbons (Fsp3) is 0.571. The van der Waals surface area contributed by atoms with E-state index in [9.17, 15) is 0 Å². The Hall–Kier alpha value is -0.860. The summed E-state index contributed by atoms with van der Waals surface area (Å²) in [5.41, 5.74) is 1.53. The molecule has 0 heterocycles. The van der Waals surface area contributed by atoms with Crippen LogP contribution in [0.2, 0.25) is 0 Å². The Balaban J connectivity index is 2.77. The highest BCUT2D eigenvalue weighted by Gasteiger charge is 2.30. The fourth-order valence-electron chi connectivity index (χ4n) is 1.87. The van der Waals surface area contributed by atoms with Crippen LogP contribution in [0.1, 0.15) is 19.4 Å². The van der Waals surface area contributed by atoms with Crippen molar-refractivity contribution in [1.82, 2.24) is 10.2 Å². The average Bonchev–Trinajstić information content (AvgIpc) is 2.26. The molecular formula is C14H24N2. The maximum atomic E-state index is 3.43. The van der Waals surface area contributed by atoms with Crippen LogP contribution in [0, 0.1) is 0 Å². The highest BCUT2D eigenvalue weighted by molar-refractivity contribution is 5.17. The van der Waals surface area contributed by atoms with Crippen molar-refractivity contribution in [3.8, 4) is 0 Å². The van der Waals surface area contributed by atoms with Crippen LogP contribution in [-0.2, 0) is 6.42 Å². The Kier molecular flexibility index (Phi) is 4.51. The van der Waals surface area contributed by atoms with Crippen molar-refractivity contribution < 1.29 is 0 Å². The minimum atomic E-state index is 0.143. The Morgan fingerprint density at radius 2 is 1.75 bits per heavy atom. The van der Waals surface area contributed by atoms with E-state index >= 15 is 0 Å². The molecule has 0 bridgehead atoms. The zero-order chi connectivity index (χ0) is 12.2. The van der Waals surface area contributed by atoms with Gasteiger partial charge >= 0.3 is 0 Å². The first-order valence-electron chi connectivity index (χ1n) is 5.87. The molecule has 1 unspecified atom stereocenters. The molecule has 1 aromatic carbocycles. The lowest BCUT2D eigenvalue weighted by atomic mass is 9.88. The molecule has 16 heavy (non-hydrogen) atoms. The number of rotatable bonds is 5. The van der Waals surface area contributed by atoms with Gasteiger partial charge in [-0.05, 0) is 47.0 Å². The summed E-state index contributed by atoms with van der Waals surface area (Å²) in [6.07, 6.45) is 1.06. The quantitative estimate of drug-likeness (QED) is 0.818. The third kappa shape index (κ3) is 3.06. The number of hydrogen-bond donors (Lipinski definition) is 1. The predicted octanol–water partition coefficient (Wildman–Crippen LogP) is 2.16. The Bertz CT molecular complexity index is 304. The van der Waals surface area contributed by atoms with Crippen LogP contribution < -0.4 is 5.32 Å². The molecule has 0 aliphatic rings. The van der Waals surface area contributed by atoms with E-state index in [0.29, 0.717) is 6.04 Å². The lowest BCUT2D eigenvalue weighted by Crippen LogP contribution is -2.55. The molecule has 0 radical (unpaired) electrons. The minimum Gasteiger partial charge on any atom is -0.315 e. The zero-order valence-corrected chi connectivity index (χ0v) is 11.1. The van der Waals surface area contributed by atoms with E-state index in [-0.39, 0.29) is 5.54 Å². The molecule has 0 aliphatic carbocycles. The van der Waals surface area contributed by atoms with E-state index in [1.54, 1.807) is 0 Å². The first-order chi connectivity index (χ1) is 7.48. The third-order valence-electron chi connectivity index (χ3n) is 3.64. The molecule has 90 valence electrons. The van der Waals surface area contributed by atoms with Crippen LogP contribution in [-0.4, -0.2) is 37.6 Å². The summed E-state index contributed by atoms with van der Waals surface area (Å²) >= 11 is 0. The first-order valence-corrected chi connectivity index (χ1v) is 5.87. The van der Waals surface area contributed by atoms with Crippen LogP contribution >= 0.6 is 0 Å². The summed E-state index contributed by atoms with van der Waals surface area (Å²) in [4.78, 5) is 2.27. The molecule has 1 N–H and O–H groups in total. The number of nitrogens with zero attached hydrogens (tertiary/aromatic N) is 1. The van der Waals surface area contributed by atoms with Crippen molar-refractivity contribution in [2.75, 3.05) is 21.1 Å². The lowest BCUT2D eigenvalue weighted by molar-refractivity contribution is 0.141. The van der Waals surface area contributed by atoms with Crippen LogP contribution in [0.3, 0.4) is 0 Å². The molecule has 0 spiro atoms. The van der Waals surface area contributed by atoms with Crippen LogP contribution in [0.25, 0.3) is 0 Å². The summed E-state index contributed by atoms with van der Waals surface area (Å²) in [5, 5.41) is 3.43. The van der Waals surface area contributed by atoms with E-state index in [1.807, 2.05) is 7.05 Å². The summed E-state index contributed by atoms with van der Waals surface area (Å²) in [6, 6.07) is 11.1. The Morgan fingerprint density at radius 1 is 1.19 bits per heavy atom. The van der Waals surface area contributed by atoms with Gasteiger partial charge in [-0.2, -0.15) is 0 Å². The molecule has 1 aromatic rings. The van der Waals surface area contributed by atoms with Gasteiger partial charge in [-0.25, -0.2) is 0 Å². The molecule has 1 atom stereocenters. The highest BCUT2D eigenvalue weighted by Crippen LogP contribution is 2.19. The number of likely N-dealkylation sites (N-methyl/N-ethyl adjacent to an activating group) is 2. The Morgan fingerprint density at radius 3 is 2.19 bits per heavy atom. The first kappa shape index (κ1) is 13.2. The fourth-order valence-corrected chi connectivity index (χ4v) is 1.87. The van der Waals surface area contributed by atoms with Crippen molar-refractivity contribution in [2.45, 2.75) is 31.8 Å². The molecule has 0 saturated carbocycles. The number of nitrogens with one attached hydrogen (secondary N) is 1.